The van der Waals surface area contributed by atoms with Crippen molar-refractivity contribution in [1.29, 1.82) is 0 Å². The van der Waals surface area contributed by atoms with Crippen LogP contribution in [0.1, 0.15) is 44.5 Å². The molecule has 0 aliphatic rings. The van der Waals surface area contributed by atoms with Crippen LogP contribution in [0.5, 0.6) is 0 Å². The van der Waals surface area contributed by atoms with Crippen molar-refractivity contribution in [2.75, 3.05) is 6.54 Å². The van der Waals surface area contributed by atoms with Crippen LogP contribution in [0.3, 0.4) is 0 Å². The van der Waals surface area contributed by atoms with Gasteiger partial charge in [0.05, 0.1) is 11.3 Å². The molecule has 0 fully saturated rings. The Kier molecular flexibility index (Phi) is 5.69. The van der Waals surface area contributed by atoms with Crippen LogP contribution in [0, 0.1) is 5.92 Å². The maximum Gasteiger partial charge on any atom is 0.0992 e. The monoisotopic (exact) mass is 298 g/mol. The molecular weight excluding hydrogens is 272 g/mol. The van der Waals surface area contributed by atoms with Crippen LogP contribution >= 0.6 is 0 Å². The van der Waals surface area contributed by atoms with Crippen molar-refractivity contribution in [3.8, 4) is 0 Å². The van der Waals surface area contributed by atoms with Gasteiger partial charge in [0.1, 0.15) is 0 Å². The molecule has 22 heavy (non-hydrogen) atoms. The molecule has 0 saturated carbocycles. The summed E-state index contributed by atoms with van der Waals surface area (Å²) in [6.45, 7) is 6.74. The Balaban J connectivity index is 2.08. The summed E-state index contributed by atoms with van der Waals surface area (Å²) in [6.07, 6.45) is 2.81. The topological polar surface area (TPSA) is 45.1 Å². The molecule has 118 valence electrons. The molecule has 0 aliphatic heterocycles. The number of aliphatic hydroxyl groups is 1. The molecule has 1 aromatic heterocycles. The van der Waals surface area contributed by atoms with Crippen molar-refractivity contribution in [2.24, 2.45) is 5.92 Å². The minimum absolute atomic E-state index is 0.149. The number of nitrogens with one attached hydrogen (secondary N) is 1. The molecule has 0 bridgehead atoms. The molecule has 0 radical (unpaired) electrons. The van der Waals surface area contributed by atoms with Crippen LogP contribution in [0.4, 0.5) is 0 Å². The van der Waals surface area contributed by atoms with Crippen molar-refractivity contribution in [2.45, 2.75) is 38.8 Å². The number of benzene rings is 1. The van der Waals surface area contributed by atoms with Gasteiger partial charge in [-0.2, -0.15) is 0 Å². The first-order chi connectivity index (χ1) is 10.5. The molecule has 0 spiro atoms. The molecule has 0 aliphatic carbocycles. The highest BCUT2D eigenvalue weighted by Crippen LogP contribution is 2.23. The summed E-state index contributed by atoms with van der Waals surface area (Å²) in [5, 5.41) is 14.2. The van der Waals surface area contributed by atoms with E-state index in [-0.39, 0.29) is 6.04 Å². The number of hydrogen-bond acceptors (Lipinski definition) is 3. The summed E-state index contributed by atoms with van der Waals surface area (Å²) in [5.41, 5.74) is 1.05. The van der Waals surface area contributed by atoms with E-state index in [9.17, 15) is 5.11 Å². The van der Waals surface area contributed by atoms with Crippen LogP contribution in [-0.2, 0) is 5.60 Å². The Morgan fingerprint density at radius 3 is 2.36 bits per heavy atom. The molecule has 2 atom stereocenters. The fourth-order valence-corrected chi connectivity index (χ4v) is 2.58. The van der Waals surface area contributed by atoms with Crippen LogP contribution in [0.25, 0.3) is 0 Å². The largest absolute Gasteiger partial charge is 0.384 e. The van der Waals surface area contributed by atoms with E-state index < -0.39 is 5.60 Å². The third-order valence-electron chi connectivity index (χ3n) is 3.84. The highest BCUT2D eigenvalue weighted by molar-refractivity contribution is 5.22. The molecule has 0 saturated heterocycles. The lowest BCUT2D eigenvalue weighted by Gasteiger charge is -2.28. The van der Waals surface area contributed by atoms with Crippen molar-refractivity contribution >= 4 is 0 Å². The lowest BCUT2D eigenvalue weighted by Crippen LogP contribution is -2.38. The van der Waals surface area contributed by atoms with E-state index in [1.54, 1.807) is 0 Å². The molecule has 3 heteroatoms. The lowest BCUT2D eigenvalue weighted by atomic mass is 9.94. The number of nitrogens with zero attached hydrogens (tertiary/aromatic N) is 1. The fourth-order valence-electron chi connectivity index (χ4n) is 2.58. The minimum Gasteiger partial charge on any atom is -0.384 e. The van der Waals surface area contributed by atoms with E-state index in [0.29, 0.717) is 12.5 Å². The molecule has 2 rings (SSSR count). The molecular formula is C19H26N2O. The van der Waals surface area contributed by atoms with Gasteiger partial charge in [0.15, 0.2) is 0 Å². The van der Waals surface area contributed by atoms with Gasteiger partial charge in [-0.3, -0.25) is 4.98 Å². The highest BCUT2D eigenvalue weighted by Gasteiger charge is 2.25. The summed E-state index contributed by atoms with van der Waals surface area (Å²) >= 11 is 0. The second kappa shape index (κ2) is 7.52. The van der Waals surface area contributed by atoms with Crippen molar-refractivity contribution in [3.63, 3.8) is 0 Å². The Morgan fingerprint density at radius 1 is 1.09 bits per heavy atom. The van der Waals surface area contributed by atoms with Gasteiger partial charge in [-0.25, -0.2) is 0 Å². The quantitative estimate of drug-likeness (QED) is 0.820. The van der Waals surface area contributed by atoms with Crippen molar-refractivity contribution in [1.82, 2.24) is 10.3 Å². The van der Waals surface area contributed by atoms with Gasteiger partial charge >= 0.3 is 0 Å². The number of rotatable bonds is 7. The first kappa shape index (κ1) is 16.7. The molecule has 3 nitrogen and oxygen atoms in total. The molecule has 2 aromatic rings. The third-order valence-corrected chi connectivity index (χ3v) is 3.84. The fraction of sp³-hybridized carbons (Fsp3) is 0.421. The Hall–Kier alpha value is -1.71. The Bertz CT molecular complexity index is 552. The predicted molar refractivity (Wildman–Crippen MR) is 90.4 cm³/mol. The predicted octanol–water partition coefficient (Wildman–Crippen LogP) is 3.67. The number of aromatic nitrogens is 1. The summed E-state index contributed by atoms with van der Waals surface area (Å²) in [6, 6.07) is 15.9. The van der Waals surface area contributed by atoms with Crippen LogP contribution < -0.4 is 5.32 Å². The average molecular weight is 298 g/mol. The zero-order valence-electron chi connectivity index (χ0n) is 13.7. The number of pyridine rings is 1. The third kappa shape index (κ3) is 4.65. The zero-order valence-corrected chi connectivity index (χ0v) is 13.7. The van der Waals surface area contributed by atoms with E-state index in [4.69, 9.17) is 0 Å². The van der Waals surface area contributed by atoms with E-state index in [1.807, 2.05) is 61.7 Å². The standard InChI is InChI=1S/C19H26N2O/c1-15(2)13-18(17-11-7-8-12-20-17)21-14-19(3,22)16-9-5-4-6-10-16/h4-12,15,18,21-22H,13-14H2,1-3H3. The maximum absolute atomic E-state index is 10.7. The van der Waals surface area contributed by atoms with Gasteiger partial charge < -0.3 is 10.4 Å². The van der Waals surface area contributed by atoms with E-state index in [2.05, 4.69) is 24.1 Å². The Morgan fingerprint density at radius 2 is 1.77 bits per heavy atom. The smallest absolute Gasteiger partial charge is 0.0992 e. The average Bonchev–Trinajstić information content (AvgIpc) is 2.53. The second-order valence-electron chi connectivity index (χ2n) is 6.46. The normalized spacial score (nSPS) is 15.5. The van der Waals surface area contributed by atoms with Crippen LogP contribution in [-0.4, -0.2) is 16.6 Å². The van der Waals surface area contributed by atoms with Gasteiger partial charge in [-0.05, 0) is 37.0 Å². The van der Waals surface area contributed by atoms with Gasteiger partial charge in [0.2, 0.25) is 0 Å². The zero-order chi connectivity index (χ0) is 16.0. The van der Waals surface area contributed by atoms with Gasteiger partial charge in [0, 0.05) is 18.8 Å². The van der Waals surface area contributed by atoms with Crippen molar-refractivity contribution < 1.29 is 5.11 Å². The van der Waals surface area contributed by atoms with Gasteiger partial charge in [0.25, 0.3) is 0 Å². The van der Waals surface area contributed by atoms with E-state index in [0.717, 1.165) is 17.7 Å². The second-order valence-corrected chi connectivity index (χ2v) is 6.46. The van der Waals surface area contributed by atoms with Crippen molar-refractivity contribution in [3.05, 3.63) is 66.0 Å². The minimum atomic E-state index is -0.898. The van der Waals surface area contributed by atoms with Crippen LogP contribution in [0.15, 0.2) is 54.7 Å². The first-order valence-corrected chi connectivity index (χ1v) is 7.91. The van der Waals surface area contributed by atoms with E-state index in [1.165, 1.54) is 0 Å². The molecule has 2 N–H and O–H groups in total. The highest BCUT2D eigenvalue weighted by atomic mass is 16.3. The molecule has 1 aromatic carbocycles. The SMILES string of the molecule is CC(C)CC(NCC(C)(O)c1ccccc1)c1ccccn1. The molecule has 0 amide bonds. The Labute approximate surface area is 133 Å². The van der Waals surface area contributed by atoms with Crippen LogP contribution in [0.2, 0.25) is 0 Å². The summed E-state index contributed by atoms with van der Waals surface area (Å²) in [4.78, 5) is 4.46. The van der Waals surface area contributed by atoms with Gasteiger partial charge in [-0.15, -0.1) is 0 Å². The summed E-state index contributed by atoms with van der Waals surface area (Å²) in [5.74, 6) is 0.557. The summed E-state index contributed by atoms with van der Waals surface area (Å²) in [7, 11) is 0. The lowest BCUT2D eigenvalue weighted by molar-refractivity contribution is 0.0527. The molecule has 2 unspecified atom stereocenters. The summed E-state index contributed by atoms with van der Waals surface area (Å²) < 4.78 is 0. The first-order valence-electron chi connectivity index (χ1n) is 7.91. The maximum atomic E-state index is 10.7. The van der Waals surface area contributed by atoms with Gasteiger partial charge in [-0.1, -0.05) is 50.2 Å². The molecule has 1 heterocycles. The van der Waals surface area contributed by atoms with E-state index >= 15 is 0 Å². The number of hydrogen-bond donors (Lipinski definition) is 2.